The normalized spacial score (nSPS) is 20.9. The van der Waals surface area contributed by atoms with Crippen LogP contribution in [0.2, 0.25) is 0 Å². The summed E-state index contributed by atoms with van der Waals surface area (Å²) in [5.41, 5.74) is -0.543. The molecule has 1 fully saturated rings. The minimum absolute atomic E-state index is 0.00980. The summed E-state index contributed by atoms with van der Waals surface area (Å²) in [7, 11) is -4.04. The average molecular weight is 777 g/mol. The van der Waals surface area contributed by atoms with Crippen molar-refractivity contribution in [3.63, 3.8) is 0 Å². The minimum atomic E-state index is -4.04. The van der Waals surface area contributed by atoms with Gasteiger partial charge in [0, 0.05) is 34.0 Å². The number of rotatable bonds is 10. The van der Waals surface area contributed by atoms with E-state index in [-0.39, 0.29) is 65.4 Å². The van der Waals surface area contributed by atoms with Gasteiger partial charge in [0.25, 0.3) is 15.6 Å². The predicted molar refractivity (Wildman–Crippen MR) is 200 cm³/mol. The van der Waals surface area contributed by atoms with Crippen molar-refractivity contribution in [1.29, 1.82) is 0 Å². The lowest BCUT2D eigenvalue weighted by Gasteiger charge is -2.49. The molecule has 0 unspecified atom stereocenters. The number of pyridine rings is 2. The number of esters is 2. The van der Waals surface area contributed by atoms with Crippen LogP contribution in [-0.4, -0.2) is 71.1 Å². The number of thiophene rings is 1. The standard InChI is InChI=1S/C38H42N5O9S2/c1-6-38(27-17-29-33-24(16-23-10-7-8-11-28(23)40-33)21-42(29)34(45)26(27)22-51-35(38)46)52-31(44)20-39-30(41-54(48,49)32-12-9-15-53-32)13-14-50-25-18-36(2,3)43(47)37(4,5)19-25/h7-12,15-17,25H,6,13-14,18-22H2,1-5H3,(H,39,41)/t38-/m0/s1. The van der Waals surface area contributed by atoms with Gasteiger partial charge in [-0.25, -0.2) is 23.0 Å². The van der Waals surface area contributed by atoms with Gasteiger partial charge in [0.05, 0.1) is 41.7 Å². The van der Waals surface area contributed by atoms with Crippen LogP contribution in [0.25, 0.3) is 22.3 Å². The molecular weight excluding hydrogens is 735 g/mol. The van der Waals surface area contributed by atoms with Gasteiger partial charge < -0.3 is 18.8 Å². The summed E-state index contributed by atoms with van der Waals surface area (Å²) >= 11 is 1.02. The SMILES string of the molecule is CC[C@@]1(OC(=O)CN=C(CCOC2CC(C)(C)N([O])C(C)(C)C2)NS(=O)(=O)c2cccs2)C(=O)OCc2c1cc1n(c2=O)Cc2cc3ccccc3nc2-1. The number of piperidine rings is 1. The third kappa shape index (κ3) is 6.85. The minimum Gasteiger partial charge on any atom is -0.457 e. The van der Waals surface area contributed by atoms with Crippen molar-refractivity contribution in [2.24, 2.45) is 4.99 Å². The number of amidine groups is 1. The molecule has 7 rings (SSSR count). The van der Waals surface area contributed by atoms with Gasteiger partial charge in [-0.3, -0.25) is 14.5 Å². The van der Waals surface area contributed by atoms with Crippen molar-refractivity contribution in [2.45, 2.75) is 100 Å². The quantitative estimate of drug-likeness (QED) is 0.117. The van der Waals surface area contributed by atoms with Crippen molar-refractivity contribution >= 4 is 50.0 Å². The number of carbonyl (C=O) groups excluding carboxylic acids is 2. The Kier molecular flexibility index (Phi) is 9.79. The molecule has 1 saturated heterocycles. The molecule has 1 atom stereocenters. The Morgan fingerprint density at radius 2 is 1.83 bits per heavy atom. The summed E-state index contributed by atoms with van der Waals surface area (Å²) in [4.78, 5) is 50.2. The van der Waals surface area contributed by atoms with Crippen molar-refractivity contribution < 1.29 is 37.4 Å². The highest BCUT2D eigenvalue weighted by Crippen LogP contribution is 2.41. The topological polar surface area (TPSA) is 178 Å². The highest BCUT2D eigenvalue weighted by atomic mass is 32.2. The molecule has 4 aromatic rings. The second-order valence-corrected chi connectivity index (χ2v) is 18.0. The van der Waals surface area contributed by atoms with Crippen LogP contribution in [0.5, 0.6) is 0 Å². The number of hydrogen-bond acceptors (Lipinski definition) is 12. The first-order valence-electron chi connectivity index (χ1n) is 17.8. The molecule has 1 radical (unpaired) electrons. The van der Waals surface area contributed by atoms with E-state index < -0.39 is 45.2 Å². The van der Waals surface area contributed by atoms with Crippen LogP contribution in [0, 0.1) is 0 Å². The van der Waals surface area contributed by atoms with E-state index in [0.717, 1.165) is 32.9 Å². The van der Waals surface area contributed by atoms with Crippen LogP contribution in [0.3, 0.4) is 0 Å². The van der Waals surface area contributed by atoms with Crippen LogP contribution >= 0.6 is 11.3 Å². The van der Waals surface area contributed by atoms with Crippen LogP contribution < -0.4 is 10.3 Å². The summed E-state index contributed by atoms with van der Waals surface area (Å²) in [6, 6.07) is 14.3. The number of ether oxygens (including phenoxy) is 3. The predicted octanol–water partition coefficient (Wildman–Crippen LogP) is 4.84. The highest BCUT2D eigenvalue weighted by molar-refractivity contribution is 7.92. The van der Waals surface area contributed by atoms with Gasteiger partial charge in [0.2, 0.25) is 5.60 Å². The summed E-state index contributed by atoms with van der Waals surface area (Å²) in [5.74, 6) is -1.82. The number of benzene rings is 1. The Balaban J connectivity index is 1.14. The average Bonchev–Trinajstić information content (AvgIpc) is 3.79. The number of hydroxylamine groups is 2. The number of nitrogens with one attached hydrogen (secondary N) is 1. The molecule has 285 valence electrons. The Bertz CT molecular complexity index is 2320. The molecule has 6 heterocycles. The molecule has 0 saturated carbocycles. The third-order valence-electron chi connectivity index (χ3n) is 10.3. The van der Waals surface area contributed by atoms with E-state index in [1.165, 1.54) is 6.07 Å². The molecule has 3 aromatic heterocycles. The number of fused-ring (bicyclic) bond motifs is 5. The number of cyclic esters (lactones) is 1. The summed E-state index contributed by atoms with van der Waals surface area (Å²) in [6.07, 6.45) is 0.622. The van der Waals surface area contributed by atoms with Gasteiger partial charge in [-0.15, -0.1) is 21.6 Å². The van der Waals surface area contributed by atoms with Crippen molar-refractivity contribution in [1.82, 2.24) is 19.3 Å². The molecule has 3 aliphatic rings. The lowest BCUT2D eigenvalue weighted by Crippen LogP contribution is -2.59. The molecule has 0 aliphatic carbocycles. The first-order chi connectivity index (χ1) is 25.5. The van der Waals surface area contributed by atoms with Gasteiger partial charge in [-0.05, 0) is 76.6 Å². The number of aromatic nitrogens is 2. The molecule has 1 N–H and O–H groups in total. The fourth-order valence-corrected chi connectivity index (χ4v) is 9.95. The van der Waals surface area contributed by atoms with E-state index in [1.807, 2.05) is 58.0 Å². The number of sulfonamides is 1. The zero-order valence-corrected chi connectivity index (χ0v) is 32.3. The monoisotopic (exact) mass is 776 g/mol. The smallest absolute Gasteiger partial charge is 0.355 e. The van der Waals surface area contributed by atoms with Crippen molar-refractivity contribution in [3.8, 4) is 11.4 Å². The number of para-hydroxylation sites is 1. The van der Waals surface area contributed by atoms with Crippen LogP contribution in [0.1, 0.15) is 77.0 Å². The first kappa shape index (κ1) is 37.8. The van der Waals surface area contributed by atoms with Gasteiger partial charge >= 0.3 is 11.9 Å². The van der Waals surface area contributed by atoms with E-state index >= 15 is 0 Å². The second kappa shape index (κ2) is 14.0. The summed E-state index contributed by atoms with van der Waals surface area (Å²) < 4.78 is 48.1. The van der Waals surface area contributed by atoms with E-state index in [9.17, 15) is 28.0 Å². The Hall–Kier alpha value is -4.48. The number of nitrogens with zero attached hydrogens (tertiary/aromatic N) is 4. The lowest BCUT2D eigenvalue weighted by atomic mass is 9.80. The highest BCUT2D eigenvalue weighted by Gasteiger charge is 2.50. The maximum Gasteiger partial charge on any atom is 0.355 e. The fourth-order valence-electron chi connectivity index (χ4n) is 7.86. The van der Waals surface area contributed by atoms with Crippen LogP contribution in [-0.2, 0) is 57.8 Å². The van der Waals surface area contributed by atoms with Crippen molar-refractivity contribution in [2.75, 3.05) is 13.2 Å². The Labute approximate surface area is 316 Å². The molecule has 16 heteroatoms. The van der Waals surface area contributed by atoms with E-state index in [4.69, 9.17) is 19.2 Å². The Morgan fingerprint density at radius 3 is 2.54 bits per heavy atom. The second-order valence-electron chi connectivity index (χ2n) is 15.1. The van der Waals surface area contributed by atoms with Gasteiger partial charge in [-0.1, -0.05) is 31.2 Å². The molecular formula is C38H42N5O9S2. The van der Waals surface area contributed by atoms with Crippen LogP contribution in [0.4, 0.5) is 0 Å². The summed E-state index contributed by atoms with van der Waals surface area (Å²) in [5, 5.41) is 16.5. The van der Waals surface area contributed by atoms with Crippen molar-refractivity contribution in [3.05, 3.63) is 81.0 Å². The van der Waals surface area contributed by atoms with Gasteiger partial charge in [-0.2, -0.15) is 0 Å². The zero-order chi connectivity index (χ0) is 38.6. The molecule has 14 nitrogen and oxygen atoms in total. The van der Waals surface area contributed by atoms with E-state index in [1.54, 1.807) is 29.0 Å². The molecule has 1 aromatic carbocycles. The number of carbonyl (C=O) groups is 2. The Morgan fingerprint density at radius 1 is 1.09 bits per heavy atom. The maximum absolute atomic E-state index is 13.9. The molecule has 0 spiro atoms. The third-order valence-corrected chi connectivity index (χ3v) is 13.1. The fraction of sp³-hybridized carbons (Fsp3) is 0.447. The summed E-state index contributed by atoms with van der Waals surface area (Å²) in [6.45, 7) is 8.48. The largest absolute Gasteiger partial charge is 0.457 e. The van der Waals surface area contributed by atoms with Gasteiger partial charge in [0.1, 0.15) is 23.2 Å². The molecule has 0 amide bonds. The lowest BCUT2D eigenvalue weighted by molar-refractivity contribution is -0.301. The molecule has 54 heavy (non-hydrogen) atoms. The maximum atomic E-state index is 13.9. The van der Waals surface area contributed by atoms with Gasteiger partial charge in [0.15, 0.2) is 0 Å². The number of aliphatic imine (C=N–C) groups is 1. The number of hydrogen-bond donors (Lipinski definition) is 1. The molecule has 0 bridgehead atoms. The van der Waals surface area contributed by atoms with Crippen LogP contribution in [0.15, 0.2) is 67.9 Å². The first-order valence-corrected chi connectivity index (χ1v) is 20.1. The van der Waals surface area contributed by atoms with E-state index in [0.29, 0.717) is 24.2 Å². The van der Waals surface area contributed by atoms with E-state index in [2.05, 4.69) is 9.71 Å². The molecule has 3 aliphatic heterocycles. The zero-order valence-electron chi connectivity index (χ0n) is 30.7.